The summed E-state index contributed by atoms with van der Waals surface area (Å²) >= 11 is 5.88. The molecule has 1 fully saturated rings. The van der Waals surface area contributed by atoms with E-state index in [1.54, 1.807) is 41.0 Å². The van der Waals surface area contributed by atoms with Crippen molar-refractivity contribution in [1.82, 2.24) is 4.90 Å². The monoisotopic (exact) mass is 356 g/mol. The number of carbonyl (C=O) groups excluding carboxylic acids is 2. The predicted octanol–water partition coefficient (Wildman–Crippen LogP) is 3.83. The Bertz CT molecular complexity index is 817. The molecule has 0 unspecified atom stereocenters. The van der Waals surface area contributed by atoms with E-state index in [0.29, 0.717) is 23.7 Å². The van der Waals surface area contributed by atoms with Crippen LogP contribution in [0.2, 0.25) is 5.02 Å². The van der Waals surface area contributed by atoms with Gasteiger partial charge in [-0.15, -0.1) is 0 Å². The Hall–Kier alpha value is -2.33. The Balaban J connectivity index is 1.83. The van der Waals surface area contributed by atoms with Gasteiger partial charge in [-0.2, -0.15) is 0 Å². The fourth-order valence-corrected chi connectivity index (χ4v) is 3.28. The van der Waals surface area contributed by atoms with Gasteiger partial charge in [0.2, 0.25) is 5.91 Å². The molecule has 1 atom stereocenters. The standard InChI is InChI=1S/C20H21ClN2O2/c1-13-4-5-14(2)18(12-13)23-11-10-22(15(3)19(23)24)20(25)16-6-8-17(21)9-7-16/h4-9,12,15H,10-11H2,1-3H3/t15-/m1/s1. The van der Waals surface area contributed by atoms with Crippen LogP contribution in [0.4, 0.5) is 5.69 Å². The second-order valence-electron chi connectivity index (χ2n) is 6.46. The first-order valence-electron chi connectivity index (χ1n) is 8.33. The normalized spacial score (nSPS) is 17.8. The number of hydrogen-bond donors (Lipinski definition) is 0. The van der Waals surface area contributed by atoms with Gasteiger partial charge in [0.25, 0.3) is 5.91 Å². The van der Waals surface area contributed by atoms with Gasteiger partial charge in [-0.05, 0) is 62.2 Å². The molecule has 1 saturated heterocycles. The van der Waals surface area contributed by atoms with Crippen LogP contribution in [0.15, 0.2) is 42.5 Å². The van der Waals surface area contributed by atoms with Gasteiger partial charge in [0, 0.05) is 29.4 Å². The van der Waals surface area contributed by atoms with Gasteiger partial charge in [-0.25, -0.2) is 0 Å². The highest BCUT2D eigenvalue weighted by atomic mass is 35.5. The molecule has 2 aromatic rings. The van der Waals surface area contributed by atoms with Gasteiger partial charge < -0.3 is 9.80 Å². The van der Waals surface area contributed by atoms with Crippen LogP contribution >= 0.6 is 11.6 Å². The maximum absolute atomic E-state index is 12.9. The molecule has 0 radical (unpaired) electrons. The average Bonchev–Trinajstić information content (AvgIpc) is 2.60. The van der Waals surface area contributed by atoms with E-state index >= 15 is 0 Å². The molecule has 0 saturated carbocycles. The smallest absolute Gasteiger partial charge is 0.254 e. The Labute approximate surface area is 153 Å². The van der Waals surface area contributed by atoms with Crippen molar-refractivity contribution < 1.29 is 9.59 Å². The number of nitrogens with zero attached hydrogens (tertiary/aromatic N) is 2. The summed E-state index contributed by atoms with van der Waals surface area (Å²) in [6.45, 7) is 6.79. The molecule has 25 heavy (non-hydrogen) atoms. The summed E-state index contributed by atoms with van der Waals surface area (Å²) in [5.74, 6) is -0.194. The second-order valence-corrected chi connectivity index (χ2v) is 6.90. The molecule has 130 valence electrons. The summed E-state index contributed by atoms with van der Waals surface area (Å²) < 4.78 is 0. The molecule has 1 heterocycles. The molecule has 2 amide bonds. The van der Waals surface area contributed by atoms with Crippen molar-refractivity contribution in [3.05, 3.63) is 64.2 Å². The van der Waals surface area contributed by atoms with Crippen molar-refractivity contribution in [2.24, 2.45) is 0 Å². The molecule has 3 rings (SSSR count). The zero-order valence-electron chi connectivity index (χ0n) is 14.6. The third kappa shape index (κ3) is 3.40. The van der Waals surface area contributed by atoms with E-state index in [2.05, 4.69) is 0 Å². The lowest BCUT2D eigenvalue weighted by atomic mass is 10.1. The van der Waals surface area contributed by atoms with Gasteiger partial charge in [0.1, 0.15) is 6.04 Å². The zero-order chi connectivity index (χ0) is 18.1. The highest BCUT2D eigenvalue weighted by molar-refractivity contribution is 6.30. The number of rotatable bonds is 2. The van der Waals surface area contributed by atoms with E-state index in [1.807, 2.05) is 32.0 Å². The van der Waals surface area contributed by atoms with Crippen LogP contribution in [0.25, 0.3) is 0 Å². The van der Waals surface area contributed by atoms with Gasteiger partial charge in [-0.3, -0.25) is 9.59 Å². The third-order valence-corrected chi connectivity index (χ3v) is 4.91. The summed E-state index contributed by atoms with van der Waals surface area (Å²) in [6.07, 6.45) is 0. The highest BCUT2D eigenvalue weighted by Gasteiger charge is 2.35. The Morgan fingerprint density at radius 1 is 1.08 bits per heavy atom. The fourth-order valence-electron chi connectivity index (χ4n) is 3.16. The van der Waals surface area contributed by atoms with Crippen molar-refractivity contribution in [1.29, 1.82) is 0 Å². The van der Waals surface area contributed by atoms with Crippen LogP contribution in [0.5, 0.6) is 0 Å². The topological polar surface area (TPSA) is 40.6 Å². The minimum atomic E-state index is -0.503. The molecule has 0 spiro atoms. The quantitative estimate of drug-likeness (QED) is 0.820. The first-order valence-corrected chi connectivity index (χ1v) is 8.71. The number of aryl methyl sites for hydroxylation is 2. The SMILES string of the molecule is Cc1ccc(C)c(N2CCN(C(=O)c3ccc(Cl)cc3)[C@H](C)C2=O)c1. The van der Waals surface area contributed by atoms with Crippen LogP contribution in [-0.4, -0.2) is 35.8 Å². The number of amides is 2. The molecular formula is C20H21ClN2O2. The van der Waals surface area contributed by atoms with Gasteiger partial charge in [-0.1, -0.05) is 23.7 Å². The van der Waals surface area contributed by atoms with Crippen LogP contribution in [-0.2, 0) is 4.79 Å². The number of carbonyl (C=O) groups is 2. The summed E-state index contributed by atoms with van der Waals surface area (Å²) in [5, 5.41) is 0.584. The van der Waals surface area contributed by atoms with Crippen LogP contribution in [0.3, 0.4) is 0 Å². The molecule has 1 aliphatic heterocycles. The lowest BCUT2D eigenvalue weighted by Gasteiger charge is -2.39. The lowest BCUT2D eigenvalue weighted by Crippen LogP contribution is -2.58. The molecule has 0 aromatic heterocycles. The van der Waals surface area contributed by atoms with E-state index < -0.39 is 6.04 Å². The van der Waals surface area contributed by atoms with Crippen LogP contribution in [0.1, 0.15) is 28.4 Å². The summed E-state index contributed by atoms with van der Waals surface area (Å²) in [6, 6.07) is 12.3. The first kappa shape index (κ1) is 17.5. The average molecular weight is 357 g/mol. The molecule has 1 aliphatic rings. The number of hydrogen-bond acceptors (Lipinski definition) is 2. The van der Waals surface area contributed by atoms with E-state index in [-0.39, 0.29) is 11.8 Å². The largest absolute Gasteiger partial charge is 0.325 e. The molecule has 4 nitrogen and oxygen atoms in total. The van der Waals surface area contributed by atoms with Crippen LogP contribution < -0.4 is 4.90 Å². The van der Waals surface area contributed by atoms with Gasteiger partial charge in [0.05, 0.1) is 0 Å². The van der Waals surface area contributed by atoms with E-state index in [1.165, 1.54) is 0 Å². The second kappa shape index (κ2) is 6.89. The fraction of sp³-hybridized carbons (Fsp3) is 0.300. The Morgan fingerprint density at radius 3 is 2.44 bits per heavy atom. The summed E-state index contributed by atoms with van der Waals surface area (Å²) in [5.41, 5.74) is 3.64. The van der Waals surface area contributed by atoms with Gasteiger partial charge >= 0.3 is 0 Å². The van der Waals surface area contributed by atoms with E-state index in [0.717, 1.165) is 16.8 Å². The van der Waals surface area contributed by atoms with Crippen molar-refractivity contribution in [3.63, 3.8) is 0 Å². The number of anilines is 1. The molecule has 2 aromatic carbocycles. The van der Waals surface area contributed by atoms with E-state index in [4.69, 9.17) is 11.6 Å². The third-order valence-electron chi connectivity index (χ3n) is 4.66. The Morgan fingerprint density at radius 2 is 1.76 bits per heavy atom. The van der Waals surface area contributed by atoms with Crippen molar-refractivity contribution in [2.45, 2.75) is 26.8 Å². The molecule has 0 bridgehead atoms. The summed E-state index contributed by atoms with van der Waals surface area (Å²) in [7, 11) is 0. The predicted molar refractivity (Wildman–Crippen MR) is 100 cm³/mol. The summed E-state index contributed by atoms with van der Waals surface area (Å²) in [4.78, 5) is 29.1. The number of halogens is 1. The molecule has 0 N–H and O–H groups in total. The highest BCUT2D eigenvalue weighted by Crippen LogP contribution is 2.26. The number of benzene rings is 2. The zero-order valence-corrected chi connectivity index (χ0v) is 15.4. The maximum atomic E-state index is 12.9. The lowest BCUT2D eigenvalue weighted by molar-refractivity contribution is -0.124. The maximum Gasteiger partial charge on any atom is 0.254 e. The number of piperazine rings is 1. The van der Waals surface area contributed by atoms with Gasteiger partial charge in [0.15, 0.2) is 0 Å². The van der Waals surface area contributed by atoms with Crippen molar-refractivity contribution in [2.75, 3.05) is 18.0 Å². The minimum absolute atomic E-state index is 0.0535. The first-order chi connectivity index (χ1) is 11.9. The van der Waals surface area contributed by atoms with Crippen LogP contribution in [0, 0.1) is 13.8 Å². The minimum Gasteiger partial charge on any atom is -0.325 e. The van der Waals surface area contributed by atoms with Crippen molar-refractivity contribution in [3.8, 4) is 0 Å². The Kier molecular flexibility index (Phi) is 4.82. The van der Waals surface area contributed by atoms with E-state index in [9.17, 15) is 9.59 Å². The van der Waals surface area contributed by atoms with Crippen molar-refractivity contribution >= 4 is 29.1 Å². The molecule has 5 heteroatoms. The molecular weight excluding hydrogens is 336 g/mol. The molecule has 0 aliphatic carbocycles.